The van der Waals surface area contributed by atoms with Gasteiger partial charge in [-0.3, -0.25) is 10.2 Å². The molecule has 1 heterocycles. The van der Waals surface area contributed by atoms with Crippen molar-refractivity contribution in [2.75, 3.05) is 24.3 Å². The van der Waals surface area contributed by atoms with Gasteiger partial charge in [-0.15, -0.1) is 0 Å². The van der Waals surface area contributed by atoms with Gasteiger partial charge in [0, 0.05) is 20.1 Å². The van der Waals surface area contributed by atoms with Gasteiger partial charge < -0.3 is 10.2 Å². The van der Waals surface area contributed by atoms with E-state index in [0.29, 0.717) is 6.04 Å². The molecule has 5 nitrogen and oxygen atoms in total. The number of para-hydroxylation sites is 2. The molecule has 0 aliphatic carbocycles. The van der Waals surface area contributed by atoms with E-state index in [4.69, 9.17) is 0 Å². The SMILES string of the molecule is CC1CC(C(=O)Nc2ccccc2N(C)C)NN1. The van der Waals surface area contributed by atoms with Gasteiger partial charge in [-0.25, -0.2) is 5.43 Å². The lowest BCUT2D eigenvalue weighted by Gasteiger charge is -2.19. The summed E-state index contributed by atoms with van der Waals surface area (Å²) in [5.41, 5.74) is 7.90. The molecule has 1 aromatic carbocycles. The second-order valence-electron chi connectivity index (χ2n) is 4.88. The number of nitrogens with one attached hydrogen (secondary N) is 3. The van der Waals surface area contributed by atoms with Crippen molar-refractivity contribution < 1.29 is 4.79 Å². The maximum atomic E-state index is 12.1. The fourth-order valence-corrected chi connectivity index (χ4v) is 2.08. The summed E-state index contributed by atoms with van der Waals surface area (Å²) in [6.07, 6.45) is 0.802. The zero-order valence-electron chi connectivity index (χ0n) is 11.0. The molecule has 0 aromatic heterocycles. The van der Waals surface area contributed by atoms with Gasteiger partial charge in [0.15, 0.2) is 0 Å². The maximum absolute atomic E-state index is 12.1. The highest BCUT2D eigenvalue weighted by Gasteiger charge is 2.26. The molecule has 2 unspecified atom stereocenters. The molecule has 1 saturated heterocycles. The van der Waals surface area contributed by atoms with E-state index in [9.17, 15) is 4.79 Å². The van der Waals surface area contributed by atoms with Crippen molar-refractivity contribution in [1.29, 1.82) is 0 Å². The largest absolute Gasteiger partial charge is 0.376 e. The summed E-state index contributed by atoms with van der Waals surface area (Å²) in [6, 6.07) is 7.94. The van der Waals surface area contributed by atoms with Crippen LogP contribution >= 0.6 is 0 Å². The van der Waals surface area contributed by atoms with Gasteiger partial charge >= 0.3 is 0 Å². The molecular formula is C13H20N4O. The Morgan fingerprint density at radius 1 is 1.33 bits per heavy atom. The van der Waals surface area contributed by atoms with Gasteiger partial charge in [0.05, 0.1) is 11.4 Å². The van der Waals surface area contributed by atoms with Gasteiger partial charge in [0.1, 0.15) is 6.04 Å². The molecule has 3 N–H and O–H groups in total. The number of benzene rings is 1. The summed E-state index contributed by atoms with van der Waals surface area (Å²) in [5.74, 6) is 0.00106. The van der Waals surface area contributed by atoms with Crippen LogP contribution in [-0.4, -0.2) is 32.1 Å². The second-order valence-corrected chi connectivity index (χ2v) is 4.88. The zero-order valence-corrected chi connectivity index (χ0v) is 11.0. The lowest BCUT2D eigenvalue weighted by atomic mass is 10.1. The van der Waals surface area contributed by atoms with Gasteiger partial charge in [-0.1, -0.05) is 12.1 Å². The normalized spacial score (nSPS) is 22.8. The van der Waals surface area contributed by atoms with Crippen molar-refractivity contribution in [2.24, 2.45) is 0 Å². The Hall–Kier alpha value is -1.59. The van der Waals surface area contributed by atoms with E-state index in [-0.39, 0.29) is 11.9 Å². The van der Waals surface area contributed by atoms with Crippen LogP contribution in [0.15, 0.2) is 24.3 Å². The Kier molecular flexibility index (Phi) is 3.84. The van der Waals surface area contributed by atoms with Gasteiger partial charge in [0.2, 0.25) is 5.91 Å². The smallest absolute Gasteiger partial charge is 0.242 e. The van der Waals surface area contributed by atoms with E-state index in [2.05, 4.69) is 16.2 Å². The van der Waals surface area contributed by atoms with Crippen LogP contribution in [0.1, 0.15) is 13.3 Å². The molecule has 0 bridgehead atoms. The number of rotatable bonds is 3. The number of amides is 1. The number of hydrogen-bond acceptors (Lipinski definition) is 4. The number of carbonyl (C=O) groups is 1. The molecular weight excluding hydrogens is 228 g/mol. The van der Waals surface area contributed by atoms with E-state index >= 15 is 0 Å². The fraction of sp³-hybridized carbons (Fsp3) is 0.462. The van der Waals surface area contributed by atoms with Crippen molar-refractivity contribution in [3.63, 3.8) is 0 Å². The van der Waals surface area contributed by atoms with E-state index < -0.39 is 0 Å². The third-order valence-electron chi connectivity index (χ3n) is 3.05. The Balaban J connectivity index is 2.07. The van der Waals surface area contributed by atoms with Crippen molar-refractivity contribution >= 4 is 17.3 Å². The third kappa shape index (κ3) is 2.80. The Labute approximate surface area is 108 Å². The molecule has 1 fully saturated rings. The van der Waals surface area contributed by atoms with Crippen molar-refractivity contribution in [1.82, 2.24) is 10.9 Å². The Morgan fingerprint density at radius 3 is 2.67 bits per heavy atom. The zero-order chi connectivity index (χ0) is 13.1. The van der Waals surface area contributed by atoms with Crippen molar-refractivity contribution in [3.8, 4) is 0 Å². The second kappa shape index (κ2) is 5.37. The van der Waals surface area contributed by atoms with Crippen LogP contribution in [0.2, 0.25) is 0 Å². The predicted octanol–water partition coefficient (Wildman–Crippen LogP) is 0.946. The fourth-order valence-electron chi connectivity index (χ4n) is 2.08. The van der Waals surface area contributed by atoms with E-state index in [1.807, 2.05) is 50.2 Å². The minimum Gasteiger partial charge on any atom is -0.376 e. The van der Waals surface area contributed by atoms with Crippen LogP contribution in [-0.2, 0) is 4.79 Å². The molecule has 2 atom stereocenters. The minimum atomic E-state index is -0.171. The van der Waals surface area contributed by atoms with Crippen molar-refractivity contribution in [2.45, 2.75) is 25.4 Å². The summed E-state index contributed by atoms with van der Waals surface area (Å²) >= 11 is 0. The number of hydrazine groups is 1. The molecule has 1 aliphatic heterocycles. The first-order chi connectivity index (χ1) is 8.58. The highest BCUT2D eigenvalue weighted by atomic mass is 16.2. The summed E-state index contributed by atoms with van der Waals surface area (Å²) < 4.78 is 0. The number of hydrogen-bond donors (Lipinski definition) is 3. The van der Waals surface area contributed by atoms with E-state index in [0.717, 1.165) is 17.8 Å². The molecule has 0 radical (unpaired) electrons. The minimum absolute atomic E-state index is 0.00106. The molecule has 18 heavy (non-hydrogen) atoms. The topological polar surface area (TPSA) is 56.4 Å². The first kappa shape index (κ1) is 12.9. The standard InChI is InChI=1S/C13H20N4O/c1-9-8-11(16-15-9)13(18)14-10-6-4-5-7-12(10)17(2)3/h4-7,9,11,15-16H,8H2,1-3H3,(H,14,18). The molecule has 1 aliphatic rings. The molecule has 98 valence electrons. The van der Waals surface area contributed by atoms with Crippen LogP contribution in [0, 0.1) is 0 Å². The van der Waals surface area contributed by atoms with E-state index in [1.165, 1.54) is 0 Å². The van der Waals surface area contributed by atoms with Gasteiger partial charge in [-0.05, 0) is 25.5 Å². The monoisotopic (exact) mass is 248 g/mol. The molecule has 5 heteroatoms. The van der Waals surface area contributed by atoms with Crippen LogP contribution < -0.4 is 21.1 Å². The van der Waals surface area contributed by atoms with Crippen LogP contribution in [0.3, 0.4) is 0 Å². The first-order valence-electron chi connectivity index (χ1n) is 6.16. The Bertz CT molecular complexity index is 433. The number of nitrogens with zero attached hydrogens (tertiary/aromatic N) is 1. The summed E-state index contributed by atoms with van der Waals surface area (Å²) in [7, 11) is 3.92. The van der Waals surface area contributed by atoms with Crippen molar-refractivity contribution in [3.05, 3.63) is 24.3 Å². The van der Waals surface area contributed by atoms with Gasteiger partial charge in [0.25, 0.3) is 0 Å². The van der Waals surface area contributed by atoms with Crippen LogP contribution in [0.5, 0.6) is 0 Å². The maximum Gasteiger partial charge on any atom is 0.242 e. The van der Waals surface area contributed by atoms with Crippen LogP contribution in [0.25, 0.3) is 0 Å². The van der Waals surface area contributed by atoms with Gasteiger partial charge in [-0.2, -0.15) is 0 Å². The molecule has 0 spiro atoms. The highest BCUT2D eigenvalue weighted by molar-refractivity contribution is 5.97. The average Bonchev–Trinajstić information content (AvgIpc) is 2.76. The average molecular weight is 248 g/mol. The van der Waals surface area contributed by atoms with E-state index in [1.54, 1.807) is 0 Å². The summed E-state index contributed by atoms with van der Waals surface area (Å²) in [6.45, 7) is 2.05. The highest BCUT2D eigenvalue weighted by Crippen LogP contribution is 2.23. The summed E-state index contributed by atoms with van der Waals surface area (Å²) in [4.78, 5) is 14.1. The van der Waals surface area contributed by atoms with Crippen LogP contribution in [0.4, 0.5) is 11.4 Å². The molecule has 1 amide bonds. The molecule has 2 rings (SSSR count). The predicted molar refractivity (Wildman–Crippen MR) is 73.5 cm³/mol. The summed E-state index contributed by atoms with van der Waals surface area (Å²) in [5, 5.41) is 2.97. The Morgan fingerprint density at radius 2 is 2.06 bits per heavy atom. The molecule has 1 aromatic rings. The lowest BCUT2D eigenvalue weighted by Crippen LogP contribution is -2.40. The number of carbonyl (C=O) groups excluding carboxylic acids is 1. The molecule has 0 saturated carbocycles. The quantitative estimate of drug-likeness (QED) is 0.745. The lowest BCUT2D eigenvalue weighted by molar-refractivity contribution is -0.117. The first-order valence-corrected chi connectivity index (χ1v) is 6.16. The third-order valence-corrected chi connectivity index (χ3v) is 3.05. The number of anilines is 2.